The number of anilines is 6. The number of furan rings is 2. The number of para-hydroxylation sites is 4. The van der Waals surface area contributed by atoms with Crippen LogP contribution in [0.1, 0.15) is 0 Å². The van der Waals surface area contributed by atoms with Crippen LogP contribution in [0.15, 0.2) is 173 Å². The summed E-state index contributed by atoms with van der Waals surface area (Å²) in [5, 5.41) is 2.66. The molecule has 7 aromatic carbocycles. The van der Waals surface area contributed by atoms with Gasteiger partial charge in [0.15, 0.2) is 11.3 Å². The van der Waals surface area contributed by atoms with Gasteiger partial charge in [-0.3, -0.25) is 0 Å². The third kappa shape index (κ3) is 5.66. The molecule has 0 aliphatic rings. The lowest BCUT2D eigenvalue weighted by Gasteiger charge is -2.27. The molecule has 2 aromatic heterocycles. The molecule has 0 fully saturated rings. The van der Waals surface area contributed by atoms with Crippen molar-refractivity contribution in [2.45, 2.75) is 5.51 Å². The van der Waals surface area contributed by atoms with Crippen molar-refractivity contribution in [1.82, 2.24) is 0 Å². The topological polar surface area (TPSA) is 76.1 Å². The highest BCUT2D eigenvalue weighted by atomic mass is 32.2. The summed E-state index contributed by atoms with van der Waals surface area (Å²) in [6.45, 7) is 0. The molecule has 0 spiro atoms. The first-order chi connectivity index (χ1) is 26.2. The number of nitrogens with zero attached hydrogens (tertiary/aromatic N) is 2. The molecule has 266 valence electrons. The smallest absolute Gasteiger partial charge is 0.456 e. The molecule has 54 heavy (non-hydrogen) atoms. The van der Waals surface area contributed by atoms with Crippen molar-refractivity contribution >= 4 is 88.1 Å². The molecule has 0 aliphatic heterocycles. The van der Waals surface area contributed by atoms with Crippen LogP contribution in [0.25, 0.3) is 43.9 Å². The standard InChI is InChI=1S/C43H27F3N2O5S/c44-43(45,46)54(49,50)53-40-27-32(47(28-13-4-1-5-14-28)31-23-24-34-33-19-10-11-21-37(33)51-39(34)26-31)25-35-41-36(20-12-22-38(41)52-42(35)40)48(29-15-6-2-7-16-29)30-17-8-3-9-18-30/h1-27H. The first-order valence-corrected chi connectivity index (χ1v) is 18.2. The van der Waals surface area contributed by atoms with Crippen LogP contribution in [-0.4, -0.2) is 13.9 Å². The lowest BCUT2D eigenvalue weighted by Crippen LogP contribution is -2.28. The maximum Gasteiger partial charge on any atom is 0.534 e. The SMILES string of the molecule is O=S(=O)(Oc1cc(N(c2ccccc2)c2ccc3c(c2)oc2ccccc23)cc2c1oc1cccc(N(c3ccccc3)c3ccccc3)c12)C(F)(F)F. The van der Waals surface area contributed by atoms with Gasteiger partial charge in [0.05, 0.1) is 16.8 Å². The zero-order valence-electron chi connectivity index (χ0n) is 28.1. The maximum atomic E-state index is 13.9. The zero-order chi connectivity index (χ0) is 37.0. The summed E-state index contributed by atoms with van der Waals surface area (Å²) in [6.07, 6.45) is 0. The zero-order valence-corrected chi connectivity index (χ0v) is 28.9. The Bertz CT molecular complexity index is 2890. The van der Waals surface area contributed by atoms with E-state index in [1.54, 1.807) is 23.1 Å². The minimum absolute atomic E-state index is 0.171. The number of halogens is 3. The molecule has 0 radical (unpaired) electrons. The summed E-state index contributed by atoms with van der Waals surface area (Å²) < 4.78 is 84.5. The molecule has 0 aliphatic carbocycles. The van der Waals surface area contributed by atoms with Crippen molar-refractivity contribution in [1.29, 1.82) is 0 Å². The Balaban J connectivity index is 1.34. The Morgan fingerprint density at radius 1 is 0.481 bits per heavy atom. The summed E-state index contributed by atoms with van der Waals surface area (Å²) in [7, 11) is -6.11. The predicted molar refractivity (Wildman–Crippen MR) is 206 cm³/mol. The summed E-state index contributed by atoms with van der Waals surface area (Å²) in [6, 6.07) is 50.0. The molecule has 0 saturated heterocycles. The molecule has 0 N–H and O–H groups in total. The normalized spacial score (nSPS) is 12.1. The summed E-state index contributed by atoms with van der Waals surface area (Å²) in [5.74, 6) is -0.626. The van der Waals surface area contributed by atoms with Gasteiger partial charge in [-0.05, 0) is 72.8 Å². The highest BCUT2D eigenvalue weighted by Gasteiger charge is 2.49. The highest BCUT2D eigenvalue weighted by Crippen LogP contribution is 2.48. The van der Waals surface area contributed by atoms with Gasteiger partial charge >= 0.3 is 15.6 Å². The Labute approximate surface area is 306 Å². The van der Waals surface area contributed by atoms with Crippen LogP contribution in [0.5, 0.6) is 5.75 Å². The second-order valence-corrected chi connectivity index (χ2v) is 14.1. The van der Waals surface area contributed by atoms with Gasteiger partial charge in [0.25, 0.3) is 0 Å². The van der Waals surface area contributed by atoms with Crippen LogP contribution in [-0.2, 0) is 10.1 Å². The number of benzene rings is 7. The molecule has 9 aromatic rings. The quantitative estimate of drug-likeness (QED) is 0.113. The molecule has 0 saturated carbocycles. The second-order valence-electron chi connectivity index (χ2n) is 12.5. The fourth-order valence-electron chi connectivity index (χ4n) is 6.87. The first kappa shape index (κ1) is 33.1. The van der Waals surface area contributed by atoms with Gasteiger partial charge in [-0.2, -0.15) is 21.6 Å². The molecular weight excluding hydrogens is 714 g/mol. The van der Waals surface area contributed by atoms with Crippen LogP contribution >= 0.6 is 0 Å². The predicted octanol–water partition coefficient (Wildman–Crippen LogP) is 12.7. The Morgan fingerprint density at radius 3 is 1.70 bits per heavy atom. The van der Waals surface area contributed by atoms with E-state index in [-0.39, 0.29) is 5.58 Å². The van der Waals surface area contributed by atoms with E-state index in [1.165, 1.54) is 6.07 Å². The first-order valence-electron chi connectivity index (χ1n) is 16.8. The average Bonchev–Trinajstić information content (AvgIpc) is 3.75. The third-order valence-electron chi connectivity index (χ3n) is 9.17. The number of alkyl halides is 3. The average molecular weight is 741 g/mol. The van der Waals surface area contributed by atoms with Crippen molar-refractivity contribution in [3.63, 3.8) is 0 Å². The fourth-order valence-corrected chi connectivity index (χ4v) is 7.32. The van der Waals surface area contributed by atoms with Gasteiger partial charge in [0.2, 0.25) is 0 Å². The van der Waals surface area contributed by atoms with Gasteiger partial charge in [0.1, 0.15) is 16.7 Å². The van der Waals surface area contributed by atoms with E-state index < -0.39 is 21.4 Å². The molecule has 2 heterocycles. The number of fused-ring (bicyclic) bond motifs is 6. The minimum atomic E-state index is -6.11. The van der Waals surface area contributed by atoms with E-state index in [0.717, 1.165) is 22.1 Å². The Hall–Kier alpha value is -6.72. The van der Waals surface area contributed by atoms with E-state index in [4.69, 9.17) is 13.0 Å². The van der Waals surface area contributed by atoms with Gasteiger partial charge in [-0.25, -0.2) is 0 Å². The summed E-state index contributed by atoms with van der Waals surface area (Å²) in [5.41, 5.74) is -0.480. The molecule has 0 amide bonds. The van der Waals surface area contributed by atoms with Gasteiger partial charge < -0.3 is 22.8 Å². The Morgan fingerprint density at radius 2 is 1.06 bits per heavy atom. The van der Waals surface area contributed by atoms with E-state index in [1.807, 2.05) is 144 Å². The fraction of sp³-hybridized carbons (Fsp3) is 0.0233. The van der Waals surface area contributed by atoms with Crippen LogP contribution in [0.2, 0.25) is 0 Å². The minimum Gasteiger partial charge on any atom is -0.456 e. The third-order valence-corrected chi connectivity index (χ3v) is 10.1. The summed E-state index contributed by atoms with van der Waals surface area (Å²) >= 11 is 0. The van der Waals surface area contributed by atoms with E-state index >= 15 is 0 Å². The van der Waals surface area contributed by atoms with Crippen LogP contribution in [0, 0.1) is 0 Å². The number of hydrogen-bond donors (Lipinski definition) is 0. The van der Waals surface area contributed by atoms with Crippen molar-refractivity contribution < 1.29 is 34.6 Å². The summed E-state index contributed by atoms with van der Waals surface area (Å²) in [4.78, 5) is 3.80. The molecule has 0 unspecified atom stereocenters. The molecule has 9 rings (SSSR count). The molecule has 11 heteroatoms. The second kappa shape index (κ2) is 12.7. The van der Waals surface area contributed by atoms with Crippen molar-refractivity contribution in [3.8, 4) is 5.75 Å². The van der Waals surface area contributed by atoms with Crippen LogP contribution in [0.4, 0.5) is 47.3 Å². The lowest BCUT2D eigenvalue weighted by molar-refractivity contribution is -0.0499. The van der Waals surface area contributed by atoms with Crippen LogP contribution in [0.3, 0.4) is 0 Å². The van der Waals surface area contributed by atoms with Crippen molar-refractivity contribution in [2.24, 2.45) is 0 Å². The monoisotopic (exact) mass is 740 g/mol. The number of rotatable bonds is 8. The van der Waals surface area contributed by atoms with Crippen molar-refractivity contribution in [3.05, 3.63) is 164 Å². The molecular formula is C43H27F3N2O5S. The van der Waals surface area contributed by atoms with Crippen LogP contribution < -0.4 is 14.0 Å². The molecule has 0 atom stereocenters. The Kier molecular flexibility index (Phi) is 7.82. The van der Waals surface area contributed by atoms with Crippen molar-refractivity contribution in [2.75, 3.05) is 9.80 Å². The number of hydrogen-bond acceptors (Lipinski definition) is 7. The van der Waals surface area contributed by atoms with Gasteiger partial charge in [-0.1, -0.05) is 78.9 Å². The van der Waals surface area contributed by atoms with E-state index in [9.17, 15) is 21.6 Å². The largest absolute Gasteiger partial charge is 0.534 e. The maximum absolute atomic E-state index is 13.9. The molecule has 0 bridgehead atoms. The van der Waals surface area contributed by atoms with Gasteiger partial charge in [0, 0.05) is 51.0 Å². The van der Waals surface area contributed by atoms with E-state index in [2.05, 4.69) is 0 Å². The highest BCUT2D eigenvalue weighted by molar-refractivity contribution is 7.88. The van der Waals surface area contributed by atoms with E-state index in [0.29, 0.717) is 50.3 Å². The van der Waals surface area contributed by atoms with Gasteiger partial charge in [-0.15, -0.1) is 0 Å². The lowest BCUT2D eigenvalue weighted by atomic mass is 10.1. The molecule has 7 nitrogen and oxygen atoms in total.